The molecule has 2 aromatic rings. The highest BCUT2D eigenvalue weighted by Crippen LogP contribution is 2.33. The van der Waals surface area contributed by atoms with Crippen molar-refractivity contribution in [2.24, 2.45) is 0 Å². The van der Waals surface area contributed by atoms with E-state index in [9.17, 15) is 14.9 Å². The SMILES string of the molecule is N#CC(=Cc1ccc2c(c1)OCO2)C(=O)OCC(=O)c1ccc(Br)s1. The first-order chi connectivity index (χ1) is 12.1. The van der Waals surface area contributed by atoms with E-state index in [0.717, 1.165) is 3.79 Å². The lowest BCUT2D eigenvalue weighted by Gasteiger charge is -2.03. The minimum absolute atomic E-state index is 0.136. The van der Waals surface area contributed by atoms with Crippen LogP contribution in [0.15, 0.2) is 39.7 Å². The minimum atomic E-state index is -0.857. The number of carbonyl (C=O) groups excluding carboxylic acids is 2. The van der Waals surface area contributed by atoms with Crippen LogP contribution in [0.1, 0.15) is 15.2 Å². The molecule has 8 heteroatoms. The van der Waals surface area contributed by atoms with Crippen LogP contribution in [0, 0.1) is 11.3 Å². The third kappa shape index (κ3) is 4.07. The Labute approximate surface area is 155 Å². The van der Waals surface area contributed by atoms with Crippen molar-refractivity contribution >= 4 is 45.1 Å². The zero-order valence-corrected chi connectivity index (χ0v) is 15.1. The van der Waals surface area contributed by atoms with Gasteiger partial charge < -0.3 is 14.2 Å². The molecule has 0 aliphatic carbocycles. The number of hydrogen-bond acceptors (Lipinski definition) is 7. The van der Waals surface area contributed by atoms with Crippen LogP contribution in [0.4, 0.5) is 0 Å². The summed E-state index contributed by atoms with van der Waals surface area (Å²) in [6.45, 7) is -0.289. The number of benzene rings is 1. The van der Waals surface area contributed by atoms with E-state index >= 15 is 0 Å². The standard InChI is InChI=1S/C17H10BrNO5S/c18-16-4-3-15(25-16)12(20)8-22-17(21)11(7-19)5-10-1-2-13-14(6-10)24-9-23-13/h1-6H,8-9H2. The van der Waals surface area contributed by atoms with Crippen molar-refractivity contribution in [2.75, 3.05) is 13.4 Å². The lowest BCUT2D eigenvalue weighted by atomic mass is 10.1. The molecule has 1 aromatic heterocycles. The average Bonchev–Trinajstić information content (AvgIpc) is 3.25. The molecule has 2 heterocycles. The Morgan fingerprint density at radius 3 is 2.80 bits per heavy atom. The van der Waals surface area contributed by atoms with E-state index in [1.165, 1.54) is 17.4 Å². The number of halogens is 1. The Kier molecular flexibility index (Phi) is 5.16. The summed E-state index contributed by atoms with van der Waals surface area (Å²) in [5.41, 5.74) is 0.380. The zero-order chi connectivity index (χ0) is 17.8. The number of nitriles is 1. The highest BCUT2D eigenvalue weighted by Gasteiger charge is 2.17. The van der Waals surface area contributed by atoms with Gasteiger partial charge in [-0.2, -0.15) is 5.26 Å². The molecule has 3 rings (SSSR count). The first-order valence-corrected chi connectivity index (χ1v) is 8.65. The van der Waals surface area contributed by atoms with Crippen LogP contribution in [0.25, 0.3) is 6.08 Å². The molecule has 0 unspecified atom stereocenters. The summed E-state index contributed by atoms with van der Waals surface area (Å²) in [4.78, 5) is 24.4. The first kappa shape index (κ1) is 17.2. The molecule has 0 spiro atoms. The Morgan fingerprint density at radius 1 is 1.28 bits per heavy atom. The maximum absolute atomic E-state index is 12.0. The van der Waals surface area contributed by atoms with Gasteiger partial charge in [0.25, 0.3) is 0 Å². The first-order valence-electron chi connectivity index (χ1n) is 7.04. The summed E-state index contributed by atoms with van der Waals surface area (Å²) >= 11 is 4.51. The van der Waals surface area contributed by atoms with Crippen molar-refractivity contribution in [1.29, 1.82) is 5.26 Å². The van der Waals surface area contributed by atoms with E-state index in [-0.39, 0.29) is 18.1 Å². The Hall–Kier alpha value is -2.63. The molecule has 1 aromatic carbocycles. The van der Waals surface area contributed by atoms with E-state index in [2.05, 4.69) is 15.9 Å². The number of Topliss-reactive ketones (excluding diaryl/α,β-unsaturated/α-hetero) is 1. The molecule has 25 heavy (non-hydrogen) atoms. The predicted molar refractivity (Wildman–Crippen MR) is 93.5 cm³/mol. The van der Waals surface area contributed by atoms with Gasteiger partial charge in [0, 0.05) is 0 Å². The molecule has 0 N–H and O–H groups in total. The maximum Gasteiger partial charge on any atom is 0.349 e. The van der Waals surface area contributed by atoms with Crippen molar-refractivity contribution < 1.29 is 23.8 Å². The molecular formula is C17H10BrNO5S. The molecule has 1 aliphatic rings. The lowest BCUT2D eigenvalue weighted by Crippen LogP contribution is -2.14. The molecule has 0 saturated heterocycles. The quantitative estimate of drug-likeness (QED) is 0.318. The molecule has 1 aliphatic heterocycles. The minimum Gasteiger partial charge on any atom is -0.454 e. The second-order valence-electron chi connectivity index (χ2n) is 4.89. The number of thiophene rings is 1. The molecule has 0 saturated carbocycles. The fourth-order valence-corrected chi connectivity index (χ4v) is 3.36. The summed E-state index contributed by atoms with van der Waals surface area (Å²) in [6, 6.07) is 10.2. The van der Waals surface area contributed by atoms with E-state index in [1.807, 2.05) is 0 Å². The van der Waals surface area contributed by atoms with Crippen LogP contribution in [-0.4, -0.2) is 25.2 Å². The van der Waals surface area contributed by atoms with Gasteiger partial charge in [0.2, 0.25) is 12.6 Å². The van der Waals surface area contributed by atoms with Gasteiger partial charge in [-0.1, -0.05) is 6.07 Å². The second-order valence-corrected chi connectivity index (χ2v) is 7.35. The van der Waals surface area contributed by atoms with Crippen LogP contribution in [0.3, 0.4) is 0 Å². The number of ether oxygens (including phenoxy) is 3. The summed E-state index contributed by atoms with van der Waals surface area (Å²) < 4.78 is 16.2. The second kappa shape index (κ2) is 7.51. The number of fused-ring (bicyclic) bond motifs is 1. The topological polar surface area (TPSA) is 85.6 Å². The Morgan fingerprint density at radius 2 is 2.08 bits per heavy atom. The largest absolute Gasteiger partial charge is 0.454 e. The van der Waals surface area contributed by atoms with Crippen molar-refractivity contribution in [2.45, 2.75) is 0 Å². The van der Waals surface area contributed by atoms with Crippen LogP contribution in [0.5, 0.6) is 11.5 Å². The summed E-state index contributed by atoms with van der Waals surface area (Å²) in [6.07, 6.45) is 1.37. The fourth-order valence-electron chi connectivity index (χ4n) is 2.05. The van der Waals surface area contributed by atoms with Gasteiger partial charge in [0.05, 0.1) is 8.66 Å². The highest BCUT2D eigenvalue weighted by atomic mass is 79.9. The number of hydrogen-bond donors (Lipinski definition) is 0. The Balaban J connectivity index is 1.67. The number of ketones is 1. The number of rotatable bonds is 5. The molecular weight excluding hydrogens is 410 g/mol. The van der Waals surface area contributed by atoms with Crippen LogP contribution < -0.4 is 9.47 Å². The summed E-state index contributed by atoms with van der Waals surface area (Å²) in [7, 11) is 0. The highest BCUT2D eigenvalue weighted by molar-refractivity contribution is 9.11. The fraction of sp³-hybridized carbons (Fsp3) is 0.118. The van der Waals surface area contributed by atoms with Crippen molar-refractivity contribution in [3.05, 3.63) is 50.1 Å². The van der Waals surface area contributed by atoms with Gasteiger partial charge >= 0.3 is 5.97 Å². The number of carbonyl (C=O) groups is 2. The van der Waals surface area contributed by atoms with Gasteiger partial charge in [-0.05, 0) is 51.8 Å². The van der Waals surface area contributed by atoms with Crippen LogP contribution in [0.2, 0.25) is 0 Å². The van der Waals surface area contributed by atoms with Gasteiger partial charge in [-0.3, -0.25) is 4.79 Å². The molecule has 6 nitrogen and oxygen atoms in total. The van der Waals surface area contributed by atoms with E-state index < -0.39 is 12.6 Å². The third-order valence-corrected chi connectivity index (χ3v) is 4.90. The molecule has 0 fully saturated rings. The van der Waals surface area contributed by atoms with Gasteiger partial charge in [0.1, 0.15) is 11.6 Å². The van der Waals surface area contributed by atoms with Crippen molar-refractivity contribution in [1.82, 2.24) is 0 Å². The molecule has 0 radical (unpaired) electrons. The normalized spacial score (nSPS) is 12.6. The molecule has 126 valence electrons. The Bertz CT molecular complexity index is 912. The van der Waals surface area contributed by atoms with Gasteiger partial charge in [-0.25, -0.2) is 4.79 Å². The number of nitrogens with zero attached hydrogens (tertiary/aromatic N) is 1. The van der Waals surface area contributed by atoms with Crippen molar-refractivity contribution in [3.8, 4) is 17.6 Å². The smallest absolute Gasteiger partial charge is 0.349 e. The monoisotopic (exact) mass is 419 g/mol. The molecule has 0 atom stereocenters. The van der Waals surface area contributed by atoms with Crippen LogP contribution >= 0.6 is 27.3 Å². The summed E-state index contributed by atoms with van der Waals surface area (Å²) in [5, 5.41) is 9.17. The van der Waals surface area contributed by atoms with Gasteiger partial charge in [0.15, 0.2) is 18.1 Å². The van der Waals surface area contributed by atoms with E-state index in [4.69, 9.17) is 14.2 Å². The maximum atomic E-state index is 12.0. The van der Waals surface area contributed by atoms with E-state index in [1.54, 1.807) is 36.4 Å². The van der Waals surface area contributed by atoms with Crippen molar-refractivity contribution in [3.63, 3.8) is 0 Å². The summed E-state index contributed by atoms with van der Waals surface area (Å²) in [5.74, 6) is -0.0441. The predicted octanol–water partition coefficient (Wildman–Crippen LogP) is 3.57. The molecule has 0 bridgehead atoms. The average molecular weight is 420 g/mol. The molecule has 0 amide bonds. The van der Waals surface area contributed by atoms with E-state index in [0.29, 0.717) is 21.9 Å². The number of esters is 1. The lowest BCUT2D eigenvalue weighted by molar-refractivity contribution is -0.137. The zero-order valence-electron chi connectivity index (χ0n) is 12.7. The van der Waals surface area contributed by atoms with Gasteiger partial charge in [-0.15, -0.1) is 11.3 Å². The third-order valence-electron chi connectivity index (χ3n) is 3.23. The van der Waals surface area contributed by atoms with Crippen LogP contribution in [-0.2, 0) is 9.53 Å².